The quantitative estimate of drug-likeness (QED) is 0.744. The van der Waals surface area contributed by atoms with Crippen LogP contribution in [0.2, 0.25) is 0 Å². The standard InChI is InChI=1S/C17H18N4O4/c1-23-14-9-12(10-15(24-2)16(14)25-3)20-17(22)19-11-5-7-21-13(8-11)4-6-18-21/h4-10H,1-3H3,(H2,19,20,22). The van der Waals surface area contributed by atoms with Gasteiger partial charge in [0.05, 0.1) is 32.5 Å². The van der Waals surface area contributed by atoms with Gasteiger partial charge in [-0.25, -0.2) is 9.31 Å². The number of fused-ring (bicyclic) bond motifs is 1. The van der Waals surface area contributed by atoms with E-state index in [2.05, 4.69) is 15.7 Å². The van der Waals surface area contributed by atoms with Crippen molar-refractivity contribution >= 4 is 22.9 Å². The molecule has 0 radical (unpaired) electrons. The fourth-order valence-corrected chi connectivity index (χ4v) is 2.45. The zero-order valence-electron chi connectivity index (χ0n) is 14.1. The third-order valence-corrected chi connectivity index (χ3v) is 3.58. The van der Waals surface area contributed by atoms with Gasteiger partial charge in [-0.2, -0.15) is 5.10 Å². The molecule has 0 aliphatic rings. The maximum atomic E-state index is 12.3. The molecule has 8 nitrogen and oxygen atoms in total. The van der Waals surface area contributed by atoms with Crippen molar-refractivity contribution in [1.29, 1.82) is 0 Å². The fraction of sp³-hybridized carbons (Fsp3) is 0.176. The van der Waals surface area contributed by atoms with Gasteiger partial charge < -0.3 is 24.8 Å². The smallest absolute Gasteiger partial charge is 0.323 e. The molecule has 0 atom stereocenters. The number of nitrogens with one attached hydrogen (secondary N) is 2. The number of hydrogen-bond donors (Lipinski definition) is 2. The van der Waals surface area contributed by atoms with Gasteiger partial charge in [0.15, 0.2) is 11.5 Å². The molecule has 8 heteroatoms. The van der Waals surface area contributed by atoms with Crippen molar-refractivity contribution in [3.63, 3.8) is 0 Å². The molecule has 0 fully saturated rings. The van der Waals surface area contributed by atoms with Crippen LogP contribution in [0, 0.1) is 0 Å². The summed E-state index contributed by atoms with van der Waals surface area (Å²) in [6.45, 7) is 0. The molecule has 2 heterocycles. The van der Waals surface area contributed by atoms with Gasteiger partial charge in [-0.1, -0.05) is 0 Å². The highest BCUT2D eigenvalue weighted by Gasteiger charge is 2.14. The molecule has 0 saturated heterocycles. The average molecular weight is 342 g/mol. The fourth-order valence-electron chi connectivity index (χ4n) is 2.45. The van der Waals surface area contributed by atoms with Gasteiger partial charge in [0, 0.05) is 30.2 Å². The van der Waals surface area contributed by atoms with E-state index in [-0.39, 0.29) is 0 Å². The van der Waals surface area contributed by atoms with E-state index >= 15 is 0 Å². The lowest BCUT2D eigenvalue weighted by Crippen LogP contribution is -2.19. The second-order valence-corrected chi connectivity index (χ2v) is 5.11. The first-order valence-corrected chi connectivity index (χ1v) is 7.46. The number of anilines is 2. The highest BCUT2D eigenvalue weighted by atomic mass is 16.5. The van der Waals surface area contributed by atoms with Crippen LogP contribution in [0.5, 0.6) is 17.2 Å². The largest absolute Gasteiger partial charge is 0.493 e. The first kappa shape index (κ1) is 16.4. The molecule has 25 heavy (non-hydrogen) atoms. The minimum absolute atomic E-state index is 0.391. The molecule has 2 N–H and O–H groups in total. The van der Waals surface area contributed by atoms with E-state index in [0.717, 1.165) is 5.52 Å². The van der Waals surface area contributed by atoms with Crippen LogP contribution in [0.3, 0.4) is 0 Å². The van der Waals surface area contributed by atoms with Gasteiger partial charge in [0.1, 0.15) is 0 Å². The SMILES string of the molecule is COc1cc(NC(=O)Nc2ccn3nccc3c2)cc(OC)c1OC. The van der Waals surface area contributed by atoms with Crippen LogP contribution in [-0.4, -0.2) is 37.0 Å². The molecule has 3 aromatic rings. The van der Waals surface area contributed by atoms with E-state index in [1.54, 1.807) is 35.1 Å². The van der Waals surface area contributed by atoms with Crippen LogP contribution < -0.4 is 24.8 Å². The van der Waals surface area contributed by atoms with Crippen LogP contribution >= 0.6 is 0 Å². The number of amides is 2. The molecule has 0 saturated carbocycles. The number of nitrogens with zero attached hydrogens (tertiary/aromatic N) is 2. The average Bonchev–Trinajstić information content (AvgIpc) is 3.08. The van der Waals surface area contributed by atoms with Crippen molar-refractivity contribution in [3.05, 3.63) is 42.7 Å². The van der Waals surface area contributed by atoms with Crippen LogP contribution in [0.4, 0.5) is 16.2 Å². The molecule has 0 aliphatic carbocycles. The van der Waals surface area contributed by atoms with E-state index < -0.39 is 6.03 Å². The maximum Gasteiger partial charge on any atom is 0.323 e. The van der Waals surface area contributed by atoms with Gasteiger partial charge in [0.25, 0.3) is 0 Å². The molecule has 2 amide bonds. The first-order valence-electron chi connectivity index (χ1n) is 7.46. The number of carbonyl (C=O) groups is 1. The Labute approximate surface area is 144 Å². The second-order valence-electron chi connectivity index (χ2n) is 5.11. The van der Waals surface area contributed by atoms with Gasteiger partial charge in [0.2, 0.25) is 5.75 Å². The number of aromatic nitrogens is 2. The number of carbonyl (C=O) groups excluding carboxylic acids is 1. The Morgan fingerprint density at radius 1 is 0.960 bits per heavy atom. The Bertz CT molecular complexity index is 882. The Balaban J connectivity index is 1.77. The Morgan fingerprint density at radius 3 is 2.28 bits per heavy atom. The zero-order chi connectivity index (χ0) is 17.8. The summed E-state index contributed by atoms with van der Waals surface area (Å²) in [6.07, 6.45) is 3.46. The predicted octanol–water partition coefficient (Wildman–Crippen LogP) is 3.00. The number of rotatable bonds is 5. The monoisotopic (exact) mass is 342 g/mol. The molecule has 0 spiro atoms. The van der Waals surface area contributed by atoms with Gasteiger partial charge >= 0.3 is 6.03 Å². The molecule has 130 valence electrons. The topological polar surface area (TPSA) is 86.1 Å². The van der Waals surface area contributed by atoms with Crippen molar-refractivity contribution in [2.45, 2.75) is 0 Å². The van der Waals surface area contributed by atoms with Crippen molar-refractivity contribution < 1.29 is 19.0 Å². The summed E-state index contributed by atoms with van der Waals surface area (Å²) in [5.74, 6) is 1.37. The summed E-state index contributed by atoms with van der Waals surface area (Å²) in [5, 5.41) is 9.63. The van der Waals surface area contributed by atoms with Crippen LogP contribution in [-0.2, 0) is 0 Å². The van der Waals surface area contributed by atoms with Crippen LogP contribution in [0.1, 0.15) is 0 Å². The summed E-state index contributed by atoms with van der Waals surface area (Å²) in [5.41, 5.74) is 2.04. The molecule has 0 bridgehead atoms. The molecular formula is C17H18N4O4. The Morgan fingerprint density at radius 2 is 1.64 bits per heavy atom. The van der Waals surface area contributed by atoms with Crippen molar-refractivity contribution in [1.82, 2.24) is 9.61 Å². The van der Waals surface area contributed by atoms with Crippen molar-refractivity contribution in [2.24, 2.45) is 0 Å². The normalized spacial score (nSPS) is 10.4. The van der Waals surface area contributed by atoms with Crippen LogP contribution in [0.15, 0.2) is 42.7 Å². The van der Waals surface area contributed by atoms with E-state index in [4.69, 9.17) is 14.2 Å². The lowest BCUT2D eigenvalue weighted by Gasteiger charge is -2.15. The predicted molar refractivity (Wildman–Crippen MR) is 93.9 cm³/mol. The summed E-state index contributed by atoms with van der Waals surface area (Å²) >= 11 is 0. The Kier molecular flexibility index (Phi) is 4.60. The highest BCUT2D eigenvalue weighted by Crippen LogP contribution is 2.39. The number of urea groups is 1. The number of ether oxygens (including phenoxy) is 3. The van der Waals surface area contributed by atoms with E-state index in [1.165, 1.54) is 21.3 Å². The first-order chi connectivity index (χ1) is 12.1. The van der Waals surface area contributed by atoms with E-state index in [9.17, 15) is 4.79 Å². The number of methoxy groups -OCH3 is 3. The van der Waals surface area contributed by atoms with Crippen LogP contribution in [0.25, 0.3) is 5.52 Å². The van der Waals surface area contributed by atoms with E-state index in [0.29, 0.717) is 28.6 Å². The minimum Gasteiger partial charge on any atom is -0.493 e. The second kappa shape index (κ2) is 7.00. The molecule has 0 aliphatic heterocycles. The molecule has 1 aromatic carbocycles. The summed E-state index contributed by atoms with van der Waals surface area (Å²) in [6, 6.07) is 8.35. The maximum absolute atomic E-state index is 12.3. The molecule has 3 rings (SSSR count). The van der Waals surface area contributed by atoms with Gasteiger partial charge in [-0.3, -0.25) is 0 Å². The third-order valence-electron chi connectivity index (χ3n) is 3.58. The van der Waals surface area contributed by atoms with Crippen molar-refractivity contribution in [2.75, 3.05) is 32.0 Å². The number of pyridine rings is 1. The summed E-state index contributed by atoms with van der Waals surface area (Å²) in [7, 11) is 4.55. The molecular weight excluding hydrogens is 324 g/mol. The highest BCUT2D eigenvalue weighted by molar-refractivity contribution is 6.00. The van der Waals surface area contributed by atoms with Gasteiger partial charge in [-0.15, -0.1) is 0 Å². The Hall–Kier alpha value is -3.42. The number of hydrogen-bond acceptors (Lipinski definition) is 5. The molecule has 0 unspecified atom stereocenters. The van der Waals surface area contributed by atoms with Gasteiger partial charge in [-0.05, 0) is 18.2 Å². The summed E-state index contributed by atoms with van der Waals surface area (Å²) in [4.78, 5) is 12.3. The summed E-state index contributed by atoms with van der Waals surface area (Å²) < 4.78 is 17.5. The lowest BCUT2D eigenvalue weighted by molar-refractivity contribution is 0.262. The zero-order valence-corrected chi connectivity index (χ0v) is 14.1. The third kappa shape index (κ3) is 3.42. The molecule has 2 aromatic heterocycles. The number of benzene rings is 1. The van der Waals surface area contributed by atoms with Crippen molar-refractivity contribution in [3.8, 4) is 17.2 Å². The van der Waals surface area contributed by atoms with E-state index in [1.807, 2.05) is 12.1 Å². The lowest BCUT2D eigenvalue weighted by atomic mass is 10.2. The minimum atomic E-state index is -0.391.